The molecule has 2 aromatic rings. The number of aromatic amines is 1. The predicted octanol–water partition coefficient (Wildman–Crippen LogP) is 1.01. The monoisotopic (exact) mass is 234 g/mol. The minimum absolute atomic E-state index is 0.114. The molecular weight excluding hydrogens is 220 g/mol. The van der Waals surface area contributed by atoms with Crippen LogP contribution in [0.4, 0.5) is 5.69 Å². The van der Waals surface area contributed by atoms with Crippen LogP contribution in [-0.4, -0.2) is 31.1 Å². The SMILES string of the molecule is CC(C)(C)n1cc(NC(=O)c2cn[nH]n2)cn1. The van der Waals surface area contributed by atoms with Gasteiger partial charge in [0.05, 0.1) is 23.6 Å². The molecule has 0 fully saturated rings. The normalized spacial score (nSPS) is 11.5. The molecule has 90 valence electrons. The number of rotatable bonds is 2. The van der Waals surface area contributed by atoms with Crippen molar-refractivity contribution in [2.45, 2.75) is 26.3 Å². The van der Waals surface area contributed by atoms with Crippen LogP contribution in [0.25, 0.3) is 0 Å². The number of H-pyrrole nitrogens is 1. The van der Waals surface area contributed by atoms with E-state index in [-0.39, 0.29) is 17.1 Å². The molecule has 0 radical (unpaired) electrons. The Kier molecular flexibility index (Phi) is 2.66. The topological polar surface area (TPSA) is 88.5 Å². The largest absolute Gasteiger partial charge is 0.318 e. The minimum Gasteiger partial charge on any atom is -0.318 e. The van der Waals surface area contributed by atoms with Crippen LogP contribution in [0.15, 0.2) is 18.6 Å². The van der Waals surface area contributed by atoms with Gasteiger partial charge in [-0.1, -0.05) is 0 Å². The van der Waals surface area contributed by atoms with Crippen LogP contribution in [0.5, 0.6) is 0 Å². The zero-order valence-corrected chi connectivity index (χ0v) is 9.93. The summed E-state index contributed by atoms with van der Waals surface area (Å²) in [7, 11) is 0. The molecule has 2 N–H and O–H groups in total. The fraction of sp³-hybridized carbons (Fsp3) is 0.400. The van der Waals surface area contributed by atoms with E-state index in [0.717, 1.165) is 0 Å². The molecule has 2 aromatic heterocycles. The average molecular weight is 234 g/mol. The summed E-state index contributed by atoms with van der Waals surface area (Å²) in [5, 5.41) is 16.5. The van der Waals surface area contributed by atoms with E-state index in [1.807, 2.05) is 20.8 Å². The predicted molar refractivity (Wildman–Crippen MR) is 61.6 cm³/mol. The Labute approximate surface area is 98.2 Å². The third-order valence-electron chi connectivity index (χ3n) is 2.18. The maximum atomic E-state index is 11.7. The number of amides is 1. The lowest BCUT2D eigenvalue weighted by Crippen LogP contribution is -2.22. The first-order valence-corrected chi connectivity index (χ1v) is 5.19. The summed E-state index contributed by atoms with van der Waals surface area (Å²) in [5.41, 5.74) is 0.762. The van der Waals surface area contributed by atoms with Crippen molar-refractivity contribution in [1.29, 1.82) is 0 Å². The third kappa shape index (κ3) is 2.49. The Morgan fingerprint density at radius 3 is 2.71 bits per heavy atom. The molecule has 0 saturated carbocycles. The highest BCUT2D eigenvalue weighted by Gasteiger charge is 2.15. The van der Waals surface area contributed by atoms with E-state index in [0.29, 0.717) is 5.69 Å². The lowest BCUT2D eigenvalue weighted by Gasteiger charge is -2.18. The van der Waals surface area contributed by atoms with E-state index in [4.69, 9.17) is 0 Å². The van der Waals surface area contributed by atoms with Crippen molar-refractivity contribution in [3.05, 3.63) is 24.3 Å². The van der Waals surface area contributed by atoms with Gasteiger partial charge in [0.25, 0.3) is 5.91 Å². The van der Waals surface area contributed by atoms with Gasteiger partial charge >= 0.3 is 0 Å². The highest BCUT2D eigenvalue weighted by atomic mass is 16.2. The summed E-state index contributed by atoms with van der Waals surface area (Å²) in [5.74, 6) is -0.313. The molecule has 7 heteroatoms. The molecule has 2 heterocycles. The van der Waals surface area contributed by atoms with Gasteiger partial charge < -0.3 is 5.32 Å². The molecule has 7 nitrogen and oxygen atoms in total. The van der Waals surface area contributed by atoms with Gasteiger partial charge in [0.2, 0.25) is 0 Å². The zero-order valence-electron chi connectivity index (χ0n) is 9.93. The lowest BCUT2D eigenvalue weighted by atomic mass is 10.1. The molecule has 0 bridgehead atoms. The van der Waals surface area contributed by atoms with Gasteiger partial charge in [-0.15, -0.1) is 0 Å². The van der Waals surface area contributed by atoms with Crippen LogP contribution in [0.2, 0.25) is 0 Å². The van der Waals surface area contributed by atoms with Crippen LogP contribution in [0, 0.1) is 0 Å². The van der Waals surface area contributed by atoms with Crippen molar-refractivity contribution in [2.24, 2.45) is 0 Å². The summed E-state index contributed by atoms with van der Waals surface area (Å²) in [4.78, 5) is 11.7. The van der Waals surface area contributed by atoms with E-state index >= 15 is 0 Å². The number of anilines is 1. The first kappa shape index (κ1) is 11.3. The van der Waals surface area contributed by atoms with Crippen molar-refractivity contribution >= 4 is 11.6 Å². The van der Waals surface area contributed by atoms with Crippen molar-refractivity contribution in [3.63, 3.8) is 0 Å². The first-order valence-electron chi connectivity index (χ1n) is 5.19. The number of hydrogen-bond acceptors (Lipinski definition) is 4. The van der Waals surface area contributed by atoms with Crippen molar-refractivity contribution in [2.75, 3.05) is 5.32 Å². The second-order valence-corrected chi connectivity index (χ2v) is 4.65. The number of carbonyl (C=O) groups excluding carboxylic acids is 1. The molecule has 0 saturated heterocycles. The Morgan fingerprint density at radius 1 is 1.41 bits per heavy atom. The summed E-state index contributed by atoms with van der Waals surface area (Å²) in [6, 6.07) is 0. The number of hydrogen-bond donors (Lipinski definition) is 2. The standard InChI is InChI=1S/C10H14N6O/c1-10(2,3)16-6-7(4-12-16)13-9(17)8-5-11-15-14-8/h4-6H,1-3H3,(H,13,17)(H,11,14,15). The van der Waals surface area contributed by atoms with Gasteiger partial charge in [-0.05, 0) is 20.8 Å². The molecular formula is C10H14N6O. The molecule has 0 spiro atoms. The number of carbonyl (C=O) groups is 1. The minimum atomic E-state index is -0.313. The third-order valence-corrected chi connectivity index (χ3v) is 2.18. The molecule has 0 aliphatic carbocycles. The highest BCUT2D eigenvalue weighted by Crippen LogP contribution is 2.15. The van der Waals surface area contributed by atoms with Gasteiger partial charge in [0.1, 0.15) is 0 Å². The summed E-state index contributed by atoms with van der Waals surface area (Å²) < 4.78 is 1.78. The average Bonchev–Trinajstić information content (AvgIpc) is 2.85. The fourth-order valence-electron chi connectivity index (χ4n) is 1.26. The van der Waals surface area contributed by atoms with Crippen LogP contribution in [0.3, 0.4) is 0 Å². The maximum absolute atomic E-state index is 11.7. The molecule has 0 aliphatic heterocycles. The van der Waals surface area contributed by atoms with Crippen LogP contribution in [0.1, 0.15) is 31.3 Å². The highest BCUT2D eigenvalue weighted by molar-refractivity contribution is 6.02. The summed E-state index contributed by atoms with van der Waals surface area (Å²) in [6.07, 6.45) is 4.74. The van der Waals surface area contributed by atoms with Gasteiger partial charge in [-0.25, -0.2) is 0 Å². The van der Waals surface area contributed by atoms with Gasteiger partial charge in [-0.2, -0.15) is 20.5 Å². The molecule has 0 aromatic carbocycles. The first-order chi connectivity index (χ1) is 7.97. The van der Waals surface area contributed by atoms with Crippen LogP contribution < -0.4 is 5.32 Å². The summed E-state index contributed by atoms with van der Waals surface area (Å²) in [6.45, 7) is 6.09. The lowest BCUT2D eigenvalue weighted by molar-refractivity contribution is 0.102. The zero-order chi connectivity index (χ0) is 12.5. The Balaban J connectivity index is 2.10. The van der Waals surface area contributed by atoms with E-state index < -0.39 is 0 Å². The van der Waals surface area contributed by atoms with E-state index in [9.17, 15) is 4.79 Å². The van der Waals surface area contributed by atoms with Gasteiger partial charge in [0, 0.05) is 6.20 Å². The maximum Gasteiger partial charge on any atom is 0.277 e. The quantitative estimate of drug-likeness (QED) is 0.811. The Bertz CT molecular complexity index is 507. The van der Waals surface area contributed by atoms with Gasteiger partial charge in [0.15, 0.2) is 5.69 Å². The second kappa shape index (κ2) is 4.00. The van der Waals surface area contributed by atoms with Crippen molar-refractivity contribution in [3.8, 4) is 0 Å². The fourth-order valence-corrected chi connectivity index (χ4v) is 1.26. The smallest absolute Gasteiger partial charge is 0.277 e. The Morgan fingerprint density at radius 2 is 2.18 bits per heavy atom. The molecule has 0 unspecified atom stereocenters. The van der Waals surface area contributed by atoms with E-state index in [1.165, 1.54) is 6.20 Å². The van der Waals surface area contributed by atoms with Crippen LogP contribution >= 0.6 is 0 Å². The van der Waals surface area contributed by atoms with Crippen molar-refractivity contribution in [1.82, 2.24) is 25.2 Å². The number of aromatic nitrogens is 5. The molecule has 0 aliphatic rings. The summed E-state index contributed by atoms with van der Waals surface area (Å²) >= 11 is 0. The van der Waals surface area contributed by atoms with E-state index in [2.05, 4.69) is 25.8 Å². The molecule has 1 amide bonds. The van der Waals surface area contributed by atoms with Crippen molar-refractivity contribution < 1.29 is 4.79 Å². The number of nitrogens with one attached hydrogen (secondary N) is 2. The number of nitrogens with zero attached hydrogens (tertiary/aromatic N) is 4. The molecule has 0 atom stereocenters. The molecule has 17 heavy (non-hydrogen) atoms. The van der Waals surface area contributed by atoms with E-state index in [1.54, 1.807) is 17.1 Å². The van der Waals surface area contributed by atoms with Crippen LogP contribution in [-0.2, 0) is 5.54 Å². The Hall–Kier alpha value is -2.18. The molecule has 2 rings (SSSR count). The second-order valence-electron chi connectivity index (χ2n) is 4.65. The van der Waals surface area contributed by atoms with Gasteiger partial charge in [-0.3, -0.25) is 9.48 Å².